The minimum atomic E-state index is -1.06. The average molecular weight is 341 g/mol. The van der Waals surface area contributed by atoms with E-state index in [-0.39, 0.29) is 23.8 Å². The van der Waals surface area contributed by atoms with E-state index >= 15 is 0 Å². The lowest BCUT2D eigenvalue weighted by molar-refractivity contribution is -0.136. The normalized spacial score (nSPS) is 11.2. The number of anilines is 1. The fraction of sp³-hybridized carbons (Fsp3) is 0.278. The number of aliphatic carboxylic acids is 1. The van der Waals surface area contributed by atoms with Crippen molar-refractivity contribution in [1.82, 2.24) is 9.55 Å². The number of furan rings is 1. The minimum absolute atomic E-state index is 0.0895. The number of carboxylic acids is 1. The highest BCUT2D eigenvalue weighted by Crippen LogP contribution is 2.25. The molecule has 0 fully saturated rings. The Balaban J connectivity index is 1.99. The van der Waals surface area contributed by atoms with E-state index in [4.69, 9.17) is 9.52 Å². The first-order valence-corrected chi connectivity index (χ1v) is 7.95. The molecule has 0 unspecified atom stereocenters. The second-order valence-electron chi connectivity index (χ2n) is 6.13. The number of carbonyl (C=O) groups excluding carboxylic acids is 1. The summed E-state index contributed by atoms with van der Waals surface area (Å²) in [6, 6.07) is 7.71. The Morgan fingerprint density at radius 1 is 1.32 bits per heavy atom. The maximum Gasteiger partial charge on any atom is 0.311 e. The van der Waals surface area contributed by atoms with Crippen LogP contribution in [0.1, 0.15) is 41.6 Å². The van der Waals surface area contributed by atoms with Crippen LogP contribution in [0.4, 0.5) is 5.95 Å². The van der Waals surface area contributed by atoms with Crippen LogP contribution in [-0.2, 0) is 11.2 Å². The number of amides is 1. The van der Waals surface area contributed by atoms with Crippen LogP contribution in [-0.4, -0.2) is 26.5 Å². The van der Waals surface area contributed by atoms with Gasteiger partial charge < -0.3 is 14.1 Å². The van der Waals surface area contributed by atoms with Gasteiger partial charge in [-0.25, -0.2) is 4.98 Å². The zero-order valence-corrected chi connectivity index (χ0v) is 14.2. The maximum absolute atomic E-state index is 12.7. The highest BCUT2D eigenvalue weighted by atomic mass is 16.4. The van der Waals surface area contributed by atoms with Crippen molar-refractivity contribution in [2.75, 3.05) is 5.32 Å². The summed E-state index contributed by atoms with van der Waals surface area (Å²) in [7, 11) is 0. The number of imidazole rings is 1. The lowest BCUT2D eigenvalue weighted by Crippen LogP contribution is -2.19. The molecule has 7 heteroatoms. The van der Waals surface area contributed by atoms with Crippen LogP contribution >= 0.6 is 0 Å². The Kier molecular flexibility index (Phi) is 4.31. The molecule has 1 amide bonds. The number of carboxylic acid groups (broad SMARTS) is 1. The number of hydrogen-bond donors (Lipinski definition) is 2. The van der Waals surface area contributed by atoms with Gasteiger partial charge in [0, 0.05) is 11.6 Å². The highest BCUT2D eigenvalue weighted by molar-refractivity contribution is 6.06. The van der Waals surface area contributed by atoms with Crippen LogP contribution in [0.3, 0.4) is 0 Å². The van der Waals surface area contributed by atoms with Gasteiger partial charge in [-0.2, -0.15) is 0 Å². The fourth-order valence-corrected chi connectivity index (χ4v) is 2.89. The zero-order chi connectivity index (χ0) is 18.1. The monoisotopic (exact) mass is 341 g/mol. The van der Waals surface area contributed by atoms with Crippen molar-refractivity contribution in [3.05, 3.63) is 47.4 Å². The molecule has 3 rings (SSSR count). The first-order chi connectivity index (χ1) is 11.9. The molecular formula is C18H19N3O4. The summed E-state index contributed by atoms with van der Waals surface area (Å²) in [4.78, 5) is 28.2. The van der Waals surface area contributed by atoms with Crippen LogP contribution in [0.15, 0.2) is 34.9 Å². The first-order valence-electron chi connectivity index (χ1n) is 7.95. The SMILES string of the molecule is Cc1coc(CC(=O)O)c1C(=O)Nc1nc2ccccc2n1C(C)C. The first kappa shape index (κ1) is 16.8. The molecule has 2 aromatic heterocycles. The molecule has 1 aromatic carbocycles. The van der Waals surface area contributed by atoms with E-state index in [1.807, 2.05) is 42.7 Å². The van der Waals surface area contributed by atoms with Gasteiger partial charge in [-0.3, -0.25) is 14.9 Å². The van der Waals surface area contributed by atoms with Crippen LogP contribution in [0.5, 0.6) is 0 Å². The minimum Gasteiger partial charge on any atom is -0.481 e. The van der Waals surface area contributed by atoms with Gasteiger partial charge in [-0.1, -0.05) is 12.1 Å². The molecule has 0 aliphatic heterocycles. The van der Waals surface area contributed by atoms with E-state index in [0.717, 1.165) is 11.0 Å². The number of para-hydroxylation sites is 2. The summed E-state index contributed by atoms with van der Waals surface area (Å²) >= 11 is 0. The number of aromatic nitrogens is 2. The number of rotatable bonds is 5. The molecule has 0 aliphatic carbocycles. The van der Waals surface area contributed by atoms with Crippen LogP contribution in [0, 0.1) is 6.92 Å². The molecule has 7 nitrogen and oxygen atoms in total. The molecule has 0 aliphatic rings. The Bertz CT molecular complexity index is 953. The van der Waals surface area contributed by atoms with Crippen LogP contribution in [0.25, 0.3) is 11.0 Å². The summed E-state index contributed by atoms with van der Waals surface area (Å²) in [5.41, 5.74) is 2.52. The summed E-state index contributed by atoms with van der Waals surface area (Å²) in [6.45, 7) is 5.71. The number of aryl methyl sites for hydroxylation is 1. The van der Waals surface area contributed by atoms with E-state index in [2.05, 4.69) is 10.3 Å². The molecule has 0 atom stereocenters. The molecule has 0 saturated heterocycles. The summed E-state index contributed by atoms with van der Waals surface area (Å²) in [5, 5.41) is 11.8. The number of hydrogen-bond acceptors (Lipinski definition) is 4. The second-order valence-corrected chi connectivity index (χ2v) is 6.13. The molecule has 3 aromatic rings. The molecule has 2 heterocycles. The van der Waals surface area contributed by atoms with Gasteiger partial charge in [0.25, 0.3) is 5.91 Å². The zero-order valence-electron chi connectivity index (χ0n) is 14.2. The Hall–Kier alpha value is -3.09. The van der Waals surface area contributed by atoms with Crippen molar-refractivity contribution in [2.45, 2.75) is 33.2 Å². The van der Waals surface area contributed by atoms with E-state index < -0.39 is 11.9 Å². The quantitative estimate of drug-likeness (QED) is 0.741. The molecular weight excluding hydrogens is 322 g/mol. The smallest absolute Gasteiger partial charge is 0.311 e. The van der Waals surface area contributed by atoms with Crippen LogP contribution in [0.2, 0.25) is 0 Å². The van der Waals surface area contributed by atoms with E-state index in [0.29, 0.717) is 11.5 Å². The predicted octanol–water partition coefficient (Wildman–Crippen LogP) is 3.40. The maximum atomic E-state index is 12.7. The van der Waals surface area contributed by atoms with Gasteiger partial charge in [0.2, 0.25) is 5.95 Å². The van der Waals surface area contributed by atoms with Crippen LogP contribution < -0.4 is 5.32 Å². The third kappa shape index (κ3) is 3.13. The van der Waals surface area contributed by atoms with Crippen molar-refractivity contribution in [3.63, 3.8) is 0 Å². The predicted molar refractivity (Wildman–Crippen MR) is 92.9 cm³/mol. The Morgan fingerprint density at radius 3 is 2.72 bits per heavy atom. The van der Waals surface area contributed by atoms with Crippen molar-refractivity contribution in [3.8, 4) is 0 Å². The lowest BCUT2D eigenvalue weighted by atomic mass is 10.1. The van der Waals surface area contributed by atoms with Gasteiger partial charge in [-0.05, 0) is 32.9 Å². The molecule has 0 saturated carbocycles. The van der Waals surface area contributed by atoms with Crippen molar-refractivity contribution in [1.29, 1.82) is 0 Å². The van der Waals surface area contributed by atoms with Crippen molar-refractivity contribution >= 4 is 28.9 Å². The second kappa shape index (κ2) is 6.43. The van der Waals surface area contributed by atoms with Crippen molar-refractivity contribution in [2.24, 2.45) is 0 Å². The molecule has 2 N–H and O–H groups in total. The van der Waals surface area contributed by atoms with E-state index in [1.165, 1.54) is 6.26 Å². The largest absolute Gasteiger partial charge is 0.481 e. The molecule has 130 valence electrons. The number of benzene rings is 1. The third-order valence-electron chi connectivity index (χ3n) is 3.93. The van der Waals surface area contributed by atoms with E-state index in [1.54, 1.807) is 6.92 Å². The molecule has 0 spiro atoms. The molecule has 0 bridgehead atoms. The average Bonchev–Trinajstić information content (AvgIpc) is 3.06. The number of nitrogens with one attached hydrogen (secondary N) is 1. The van der Waals surface area contributed by atoms with Gasteiger partial charge >= 0.3 is 5.97 Å². The molecule has 25 heavy (non-hydrogen) atoms. The number of fused-ring (bicyclic) bond motifs is 1. The van der Waals surface area contributed by atoms with Crippen molar-refractivity contribution < 1.29 is 19.1 Å². The topological polar surface area (TPSA) is 97.4 Å². The van der Waals surface area contributed by atoms with Gasteiger partial charge in [0.1, 0.15) is 12.2 Å². The lowest BCUT2D eigenvalue weighted by Gasteiger charge is -2.13. The Morgan fingerprint density at radius 2 is 2.04 bits per heavy atom. The third-order valence-corrected chi connectivity index (χ3v) is 3.93. The summed E-state index contributed by atoms with van der Waals surface area (Å²) in [5.74, 6) is -0.935. The van der Waals surface area contributed by atoms with Gasteiger partial charge in [0.15, 0.2) is 0 Å². The van der Waals surface area contributed by atoms with Gasteiger partial charge in [-0.15, -0.1) is 0 Å². The standard InChI is InChI=1S/C18H19N3O4/c1-10(2)21-13-7-5-4-6-12(13)19-18(21)20-17(24)16-11(3)9-25-14(16)8-15(22)23/h4-7,9-10H,8H2,1-3H3,(H,22,23)(H,19,20,24). The Labute approximate surface area is 144 Å². The highest BCUT2D eigenvalue weighted by Gasteiger charge is 2.23. The summed E-state index contributed by atoms with van der Waals surface area (Å²) < 4.78 is 7.16. The van der Waals surface area contributed by atoms with E-state index in [9.17, 15) is 9.59 Å². The number of carbonyl (C=O) groups is 2. The molecule has 0 radical (unpaired) electrons. The van der Waals surface area contributed by atoms with Gasteiger partial charge in [0.05, 0.1) is 22.9 Å². The number of nitrogens with zero attached hydrogens (tertiary/aromatic N) is 2. The summed E-state index contributed by atoms with van der Waals surface area (Å²) in [6.07, 6.45) is 1.04. The fourth-order valence-electron chi connectivity index (χ4n) is 2.89.